The summed E-state index contributed by atoms with van der Waals surface area (Å²) in [6, 6.07) is 13.2. The van der Waals surface area contributed by atoms with E-state index in [9.17, 15) is 30.0 Å². The van der Waals surface area contributed by atoms with Crippen molar-refractivity contribution in [3.63, 3.8) is 0 Å². The molecule has 0 saturated heterocycles. The zero-order valence-corrected chi connectivity index (χ0v) is 16.8. The van der Waals surface area contributed by atoms with Crippen molar-refractivity contribution in [3.8, 4) is 11.5 Å². The van der Waals surface area contributed by atoms with Gasteiger partial charge >= 0.3 is 0 Å². The SMILES string of the molecule is COc1ccc(CC(O)[C@H](O)C(=O)C(=O)[C@H](O)C(O)Cc2ccc(OC)cc2)cc1. The summed E-state index contributed by atoms with van der Waals surface area (Å²) >= 11 is 0. The van der Waals surface area contributed by atoms with Crippen LogP contribution in [0.5, 0.6) is 11.5 Å². The van der Waals surface area contributed by atoms with Gasteiger partial charge in [0.2, 0.25) is 11.6 Å². The minimum Gasteiger partial charge on any atom is -0.497 e. The van der Waals surface area contributed by atoms with E-state index in [0.717, 1.165) is 0 Å². The molecule has 0 radical (unpaired) electrons. The van der Waals surface area contributed by atoms with Gasteiger partial charge in [-0.1, -0.05) is 24.3 Å². The molecule has 4 atom stereocenters. The predicted molar refractivity (Wildman–Crippen MR) is 107 cm³/mol. The van der Waals surface area contributed by atoms with Gasteiger partial charge in [-0.05, 0) is 35.4 Å². The normalized spacial score (nSPS) is 15.0. The molecule has 2 aromatic carbocycles. The Hall–Kier alpha value is -2.78. The van der Waals surface area contributed by atoms with Gasteiger partial charge in [0.1, 0.15) is 23.7 Å². The molecule has 8 heteroatoms. The fourth-order valence-electron chi connectivity index (χ4n) is 2.87. The second-order valence-corrected chi connectivity index (χ2v) is 6.86. The second kappa shape index (κ2) is 10.8. The smallest absolute Gasteiger partial charge is 0.232 e. The van der Waals surface area contributed by atoms with Gasteiger partial charge < -0.3 is 29.9 Å². The molecule has 0 spiro atoms. The van der Waals surface area contributed by atoms with Gasteiger partial charge in [-0.15, -0.1) is 0 Å². The summed E-state index contributed by atoms with van der Waals surface area (Å²) < 4.78 is 10.1. The molecule has 0 bridgehead atoms. The minimum atomic E-state index is -2.03. The number of carbonyl (C=O) groups excluding carboxylic acids is 2. The van der Waals surface area contributed by atoms with Crippen LogP contribution in [0.2, 0.25) is 0 Å². The summed E-state index contributed by atoms with van der Waals surface area (Å²) in [5.41, 5.74) is 1.23. The average molecular weight is 418 g/mol. The summed E-state index contributed by atoms with van der Waals surface area (Å²) in [6.45, 7) is 0. The quantitative estimate of drug-likeness (QED) is 0.377. The number of hydrogen-bond acceptors (Lipinski definition) is 8. The molecule has 0 aliphatic carbocycles. The molecule has 0 fully saturated rings. The Morgan fingerprint density at radius 1 is 0.667 bits per heavy atom. The van der Waals surface area contributed by atoms with E-state index in [1.54, 1.807) is 48.5 Å². The first-order valence-corrected chi connectivity index (χ1v) is 9.33. The summed E-state index contributed by atoms with van der Waals surface area (Å²) in [5, 5.41) is 40.3. The Labute approximate surface area is 174 Å². The summed E-state index contributed by atoms with van der Waals surface area (Å²) in [4.78, 5) is 24.4. The van der Waals surface area contributed by atoms with Crippen LogP contribution < -0.4 is 9.47 Å². The van der Waals surface area contributed by atoms with Crippen molar-refractivity contribution < 1.29 is 39.5 Å². The van der Waals surface area contributed by atoms with Crippen LogP contribution >= 0.6 is 0 Å². The molecule has 0 heterocycles. The Kier molecular flexibility index (Phi) is 8.49. The maximum atomic E-state index is 12.2. The number of rotatable bonds is 11. The molecule has 2 rings (SSSR count). The van der Waals surface area contributed by atoms with Crippen LogP contribution in [-0.4, -0.2) is 70.6 Å². The molecule has 2 unspecified atom stereocenters. The number of carbonyl (C=O) groups is 2. The van der Waals surface area contributed by atoms with Gasteiger partial charge in [0.15, 0.2) is 0 Å². The number of Topliss-reactive ketones (excluding diaryl/α,β-unsaturated/α-hetero) is 2. The fourth-order valence-corrected chi connectivity index (χ4v) is 2.87. The fraction of sp³-hybridized carbons (Fsp3) is 0.364. The highest BCUT2D eigenvalue weighted by molar-refractivity contribution is 6.40. The standard InChI is InChI=1S/C22H26O8/c1-29-15-7-3-13(4-8-15)11-17(23)19(25)21(27)22(28)20(26)18(24)12-14-5-9-16(30-2)10-6-14/h3-10,17-20,23-26H,11-12H2,1-2H3/t17?,18?,19-,20+. The molecule has 4 N–H and O–H groups in total. The maximum absolute atomic E-state index is 12.2. The molecule has 2 aromatic rings. The molecule has 0 aliphatic rings. The zero-order valence-electron chi connectivity index (χ0n) is 16.8. The number of aliphatic hydroxyl groups is 4. The van der Waals surface area contributed by atoms with Crippen molar-refractivity contribution in [2.24, 2.45) is 0 Å². The van der Waals surface area contributed by atoms with E-state index in [-0.39, 0.29) is 12.8 Å². The number of aliphatic hydroxyl groups excluding tert-OH is 4. The van der Waals surface area contributed by atoms with Crippen LogP contribution in [0.3, 0.4) is 0 Å². The monoisotopic (exact) mass is 418 g/mol. The number of hydrogen-bond donors (Lipinski definition) is 4. The molecule has 162 valence electrons. The highest BCUT2D eigenvalue weighted by Crippen LogP contribution is 2.16. The van der Waals surface area contributed by atoms with E-state index >= 15 is 0 Å². The van der Waals surface area contributed by atoms with Gasteiger partial charge in [-0.2, -0.15) is 0 Å². The first-order chi connectivity index (χ1) is 14.3. The van der Waals surface area contributed by atoms with E-state index in [4.69, 9.17) is 9.47 Å². The molecule has 30 heavy (non-hydrogen) atoms. The number of benzene rings is 2. The summed E-state index contributed by atoms with van der Waals surface area (Å²) in [6.07, 6.45) is -7.34. The van der Waals surface area contributed by atoms with Gasteiger partial charge in [0.25, 0.3) is 0 Å². The predicted octanol–water partition coefficient (Wildman–Crippen LogP) is 0.0708. The lowest BCUT2D eigenvalue weighted by Gasteiger charge is -2.20. The van der Waals surface area contributed by atoms with Crippen LogP contribution in [0.4, 0.5) is 0 Å². The molecular formula is C22H26O8. The van der Waals surface area contributed by atoms with E-state index in [0.29, 0.717) is 22.6 Å². The zero-order chi connectivity index (χ0) is 22.3. The Balaban J connectivity index is 1.94. The molecule has 0 saturated carbocycles. The van der Waals surface area contributed by atoms with Crippen molar-refractivity contribution >= 4 is 11.6 Å². The van der Waals surface area contributed by atoms with Gasteiger partial charge in [-0.25, -0.2) is 0 Å². The van der Waals surface area contributed by atoms with E-state index in [1.165, 1.54) is 14.2 Å². The largest absolute Gasteiger partial charge is 0.497 e. The Morgan fingerprint density at radius 3 is 1.23 bits per heavy atom. The highest BCUT2D eigenvalue weighted by Gasteiger charge is 2.36. The van der Waals surface area contributed by atoms with E-state index < -0.39 is 36.0 Å². The minimum absolute atomic E-state index is 0.0886. The molecule has 8 nitrogen and oxygen atoms in total. The molecular weight excluding hydrogens is 392 g/mol. The lowest BCUT2D eigenvalue weighted by atomic mass is 9.94. The van der Waals surface area contributed by atoms with E-state index in [1.807, 2.05) is 0 Å². The van der Waals surface area contributed by atoms with E-state index in [2.05, 4.69) is 0 Å². The lowest BCUT2D eigenvalue weighted by molar-refractivity contribution is -0.152. The third-order valence-electron chi connectivity index (χ3n) is 4.72. The third kappa shape index (κ3) is 6.11. The van der Waals surface area contributed by atoms with Gasteiger partial charge in [0.05, 0.1) is 26.4 Å². The number of ketones is 2. The van der Waals surface area contributed by atoms with Crippen molar-refractivity contribution in [2.45, 2.75) is 37.3 Å². The summed E-state index contributed by atoms with van der Waals surface area (Å²) in [7, 11) is 3.01. The second-order valence-electron chi connectivity index (χ2n) is 6.86. The number of methoxy groups -OCH3 is 2. The highest BCUT2D eigenvalue weighted by atomic mass is 16.5. The Morgan fingerprint density at radius 2 is 0.967 bits per heavy atom. The van der Waals surface area contributed by atoms with Crippen LogP contribution in [0, 0.1) is 0 Å². The van der Waals surface area contributed by atoms with Crippen LogP contribution in [0.1, 0.15) is 11.1 Å². The van der Waals surface area contributed by atoms with Crippen LogP contribution in [0.25, 0.3) is 0 Å². The van der Waals surface area contributed by atoms with Gasteiger partial charge in [0, 0.05) is 12.8 Å². The molecule has 0 amide bonds. The topological polar surface area (TPSA) is 134 Å². The lowest BCUT2D eigenvalue weighted by Crippen LogP contribution is -2.47. The Bertz CT molecular complexity index is 760. The summed E-state index contributed by atoms with van der Waals surface area (Å²) in [5.74, 6) is -1.52. The molecule has 0 aliphatic heterocycles. The van der Waals surface area contributed by atoms with Crippen LogP contribution in [-0.2, 0) is 22.4 Å². The van der Waals surface area contributed by atoms with Crippen LogP contribution in [0.15, 0.2) is 48.5 Å². The first kappa shape index (κ1) is 23.5. The first-order valence-electron chi connectivity index (χ1n) is 9.33. The maximum Gasteiger partial charge on any atom is 0.232 e. The van der Waals surface area contributed by atoms with Gasteiger partial charge in [-0.3, -0.25) is 9.59 Å². The average Bonchev–Trinajstić information content (AvgIpc) is 2.77. The van der Waals surface area contributed by atoms with Crippen molar-refractivity contribution in [1.29, 1.82) is 0 Å². The molecule has 0 aromatic heterocycles. The number of ether oxygens (including phenoxy) is 2. The third-order valence-corrected chi connectivity index (χ3v) is 4.72. The van der Waals surface area contributed by atoms with Crippen molar-refractivity contribution in [2.75, 3.05) is 14.2 Å². The van der Waals surface area contributed by atoms with Crippen molar-refractivity contribution in [3.05, 3.63) is 59.7 Å². The van der Waals surface area contributed by atoms with Crippen molar-refractivity contribution in [1.82, 2.24) is 0 Å².